The van der Waals surface area contributed by atoms with Gasteiger partial charge in [-0.1, -0.05) is 24.3 Å². The summed E-state index contributed by atoms with van der Waals surface area (Å²) in [5.41, 5.74) is 2.98. The van der Waals surface area contributed by atoms with Crippen molar-refractivity contribution in [2.45, 2.75) is 25.9 Å². The van der Waals surface area contributed by atoms with Crippen LogP contribution in [0.5, 0.6) is 0 Å². The Bertz CT molecular complexity index is 904. The average molecular weight is 390 g/mol. The lowest BCUT2D eigenvalue weighted by Crippen LogP contribution is -2.38. The van der Waals surface area contributed by atoms with E-state index < -0.39 is 0 Å². The number of likely N-dealkylation sites (tertiary alicyclic amines) is 1. The Labute approximate surface area is 170 Å². The molecule has 29 heavy (non-hydrogen) atoms. The van der Waals surface area contributed by atoms with Crippen molar-refractivity contribution < 1.29 is 4.79 Å². The average Bonchev–Trinajstić information content (AvgIpc) is 3.27. The molecule has 0 unspecified atom stereocenters. The molecule has 0 bridgehead atoms. The van der Waals surface area contributed by atoms with Gasteiger partial charge in [0.2, 0.25) is 0 Å². The zero-order chi connectivity index (χ0) is 19.9. The van der Waals surface area contributed by atoms with E-state index >= 15 is 0 Å². The Hall–Kier alpha value is -3.06. The van der Waals surface area contributed by atoms with Crippen molar-refractivity contribution in [3.05, 3.63) is 78.1 Å². The van der Waals surface area contributed by atoms with E-state index in [9.17, 15) is 4.79 Å². The third-order valence-electron chi connectivity index (χ3n) is 5.36. The summed E-state index contributed by atoms with van der Waals surface area (Å²) in [5, 5.41) is 7.28. The minimum Gasteiger partial charge on any atom is -0.350 e. The number of amides is 1. The SMILES string of the molecule is O=C(NCC1CCN(Cc2cccc(Cn3cccn3)c2)CC1)c1cnccn1. The second kappa shape index (κ2) is 9.43. The van der Waals surface area contributed by atoms with Crippen LogP contribution in [0.1, 0.15) is 34.5 Å². The highest BCUT2D eigenvalue weighted by Crippen LogP contribution is 2.19. The largest absolute Gasteiger partial charge is 0.350 e. The number of benzene rings is 1. The van der Waals surface area contributed by atoms with Crippen molar-refractivity contribution in [1.82, 2.24) is 30.0 Å². The number of nitrogens with one attached hydrogen (secondary N) is 1. The Kier molecular flexibility index (Phi) is 6.26. The lowest BCUT2D eigenvalue weighted by molar-refractivity contribution is 0.0930. The van der Waals surface area contributed by atoms with E-state index in [1.807, 2.05) is 23.1 Å². The van der Waals surface area contributed by atoms with Crippen LogP contribution in [0.2, 0.25) is 0 Å². The molecule has 0 aliphatic carbocycles. The fraction of sp³-hybridized carbons (Fsp3) is 0.364. The predicted octanol–water partition coefficient (Wildman–Crippen LogP) is 2.36. The van der Waals surface area contributed by atoms with Gasteiger partial charge in [0.25, 0.3) is 5.91 Å². The van der Waals surface area contributed by atoms with Crippen LogP contribution in [-0.2, 0) is 13.1 Å². The molecule has 1 aliphatic heterocycles. The van der Waals surface area contributed by atoms with Crippen molar-refractivity contribution in [1.29, 1.82) is 0 Å². The molecule has 0 saturated carbocycles. The van der Waals surface area contributed by atoms with E-state index in [-0.39, 0.29) is 5.91 Å². The zero-order valence-corrected chi connectivity index (χ0v) is 16.4. The number of carbonyl (C=O) groups is 1. The summed E-state index contributed by atoms with van der Waals surface area (Å²) < 4.78 is 1.94. The molecular weight excluding hydrogens is 364 g/mol. The number of nitrogens with zero attached hydrogens (tertiary/aromatic N) is 5. The van der Waals surface area contributed by atoms with Crippen molar-refractivity contribution in [2.24, 2.45) is 5.92 Å². The van der Waals surface area contributed by atoms with Gasteiger partial charge in [-0.2, -0.15) is 5.10 Å². The standard InChI is InChI=1S/C22H26N6O/c29-22(21-15-23-8-9-24-21)25-14-18-5-11-27(12-6-18)16-19-3-1-4-20(13-19)17-28-10-2-7-26-28/h1-4,7-10,13,15,18H,5-6,11-12,14,16-17H2,(H,25,29). The summed E-state index contributed by atoms with van der Waals surface area (Å²) in [6, 6.07) is 10.7. The zero-order valence-electron chi connectivity index (χ0n) is 16.4. The number of carbonyl (C=O) groups excluding carboxylic acids is 1. The molecule has 1 fully saturated rings. The van der Waals surface area contributed by atoms with E-state index in [1.54, 1.807) is 6.20 Å². The molecule has 1 aliphatic rings. The van der Waals surface area contributed by atoms with Crippen molar-refractivity contribution >= 4 is 5.91 Å². The lowest BCUT2D eigenvalue weighted by Gasteiger charge is -2.32. The number of hydrogen-bond donors (Lipinski definition) is 1. The van der Waals surface area contributed by atoms with Crippen LogP contribution < -0.4 is 5.32 Å². The lowest BCUT2D eigenvalue weighted by atomic mass is 9.96. The first-order valence-corrected chi connectivity index (χ1v) is 10.1. The van der Waals surface area contributed by atoms with Gasteiger partial charge < -0.3 is 5.32 Å². The monoisotopic (exact) mass is 390 g/mol. The maximum Gasteiger partial charge on any atom is 0.271 e. The van der Waals surface area contributed by atoms with Crippen LogP contribution in [0.25, 0.3) is 0 Å². The van der Waals surface area contributed by atoms with Crippen LogP contribution in [0, 0.1) is 5.92 Å². The van der Waals surface area contributed by atoms with E-state index in [0.717, 1.165) is 39.0 Å². The first-order valence-electron chi connectivity index (χ1n) is 10.1. The smallest absolute Gasteiger partial charge is 0.271 e. The Morgan fingerprint density at radius 1 is 1.07 bits per heavy atom. The molecule has 0 spiro atoms. The Morgan fingerprint density at radius 3 is 2.62 bits per heavy atom. The van der Waals surface area contributed by atoms with Crippen molar-refractivity contribution in [2.75, 3.05) is 19.6 Å². The summed E-state index contributed by atoms with van der Waals surface area (Å²) in [6.07, 6.45) is 10.6. The summed E-state index contributed by atoms with van der Waals surface area (Å²) in [7, 11) is 0. The van der Waals surface area contributed by atoms with Gasteiger partial charge in [-0.3, -0.25) is 19.4 Å². The van der Waals surface area contributed by atoms with Crippen LogP contribution >= 0.6 is 0 Å². The van der Waals surface area contributed by atoms with Crippen molar-refractivity contribution in [3.8, 4) is 0 Å². The normalized spacial score (nSPS) is 15.3. The van der Waals surface area contributed by atoms with E-state index in [1.165, 1.54) is 23.5 Å². The van der Waals surface area contributed by atoms with Crippen LogP contribution in [-0.4, -0.2) is 50.2 Å². The van der Waals surface area contributed by atoms with Crippen LogP contribution in [0.4, 0.5) is 0 Å². The highest BCUT2D eigenvalue weighted by molar-refractivity contribution is 5.91. The fourth-order valence-electron chi connectivity index (χ4n) is 3.76. The summed E-state index contributed by atoms with van der Waals surface area (Å²) >= 11 is 0. The maximum absolute atomic E-state index is 12.1. The fourth-order valence-corrected chi connectivity index (χ4v) is 3.76. The molecule has 1 aromatic carbocycles. The maximum atomic E-state index is 12.1. The first kappa shape index (κ1) is 19.3. The molecule has 3 aromatic rings. The molecule has 2 aromatic heterocycles. The molecule has 0 radical (unpaired) electrons. The van der Waals surface area contributed by atoms with Gasteiger partial charge in [0, 0.05) is 37.9 Å². The first-order chi connectivity index (χ1) is 14.3. The summed E-state index contributed by atoms with van der Waals surface area (Å²) in [5.74, 6) is 0.368. The van der Waals surface area contributed by atoms with Crippen LogP contribution in [0.3, 0.4) is 0 Å². The topological polar surface area (TPSA) is 75.9 Å². The van der Waals surface area contributed by atoms with E-state index in [0.29, 0.717) is 18.2 Å². The van der Waals surface area contributed by atoms with E-state index in [2.05, 4.69) is 49.5 Å². The van der Waals surface area contributed by atoms with Gasteiger partial charge in [0.15, 0.2) is 0 Å². The molecule has 1 saturated heterocycles. The molecule has 1 amide bonds. The second-order valence-electron chi connectivity index (χ2n) is 7.54. The van der Waals surface area contributed by atoms with Gasteiger partial charge in [0.1, 0.15) is 5.69 Å². The highest BCUT2D eigenvalue weighted by Gasteiger charge is 2.20. The quantitative estimate of drug-likeness (QED) is 0.670. The van der Waals surface area contributed by atoms with E-state index in [4.69, 9.17) is 0 Å². The molecule has 1 N–H and O–H groups in total. The van der Waals surface area contributed by atoms with Gasteiger partial charge in [-0.25, -0.2) is 4.98 Å². The minimum atomic E-state index is -0.144. The number of rotatable bonds is 7. The Balaban J connectivity index is 1.22. The third-order valence-corrected chi connectivity index (χ3v) is 5.36. The molecule has 150 valence electrons. The molecule has 7 heteroatoms. The molecule has 7 nitrogen and oxygen atoms in total. The van der Waals surface area contributed by atoms with Crippen molar-refractivity contribution in [3.63, 3.8) is 0 Å². The number of piperidine rings is 1. The molecular formula is C22H26N6O. The summed E-state index contributed by atoms with van der Waals surface area (Å²) in [6.45, 7) is 4.56. The molecule has 0 atom stereocenters. The molecule has 3 heterocycles. The highest BCUT2D eigenvalue weighted by atomic mass is 16.1. The molecule has 4 rings (SSSR count). The van der Waals surface area contributed by atoms with Crippen LogP contribution in [0.15, 0.2) is 61.3 Å². The third kappa shape index (κ3) is 5.48. The predicted molar refractivity (Wildman–Crippen MR) is 110 cm³/mol. The number of aromatic nitrogens is 4. The van der Waals surface area contributed by atoms with Gasteiger partial charge in [0.05, 0.1) is 12.7 Å². The number of hydrogen-bond acceptors (Lipinski definition) is 5. The van der Waals surface area contributed by atoms with Gasteiger partial charge in [-0.15, -0.1) is 0 Å². The Morgan fingerprint density at radius 2 is 1.90 bits per heavy atom. The summed E-state index contributed by atoms with van der Waals surface area (Å²) in [4.78, 5) is 22.6. The second-order valence-corrected chi connectivity index (χ2v) is 7.54. The van der Waals surface area contributed by atoms with Gasteiger partial charge in [-0.05, 0) is 49.0 Å². The minimum absolute atomic E-state index is 0.144. The van der Waals surface area contributed by atoms with Gasteiger partial charge >= 0.3 is 0 Å².